The van der Waals surface area contributed by atoms with Crippen molar-refractivity contribution in [2.75, 3.05) is 36.0 Å². The lowest BCUT2D eigenvalue weighted by Gasteiger charge is -2.36. The molecule has 0 spiro atoms. The van der Waals surface area contributed by atoms with Gasteiger partial charge in [-0.25, -0.2) is 19.9 Å². The molecule has 0 N–H and O–H groups in total. The van der Waals surface area contributed by atoms with Crippen LogP contribution in [0.2, 0.25) is 5.15 Å². The van der Waals surface area contributed by atoms with Crippen LogP contribution >= 0.6 is 11.6 Å². The van der Waals surface area contributed by atoms with Crippen LogP contribution in [-0.4, -0.2) is 46.1 Å². The standard InChI is InChI=1S/C19H25ClN6/c1-12(2)18-21-13(3)10-16(23-18)25-6-8-26(9-7-25)17-11-15(20)22-19(24-17)14-4-5-14/h10-12,14H,4-9H2,1-3H3. The lowest BCUT2D eigenvalue weighted by Crippen LogP contribution is -2.47. The number of hydrogen-bond donors (Lipinski definition) is 0. The lowest BCUT2D eigenvalue weighted by molar-refractivity contribution is 0.633. The Balaban J connectivity index is 1.48. The Kier molecular flexibility index (Phi) is 4.69. The molecule has 26 heavy (non-hydrogen) atoms. The van der Waals surface area contributed by atoms with Crippen LogP contribution in [0, 0.1) is 6.92 Å². The van der Waals surface area contributed by atoms with Crippen LogP contribution in [0.25, 0.3) is 0 Å². The second kappa shape index (κ2) is 6.99. The van der Waals surface area contributed by atoms with Crippen LogP contribution in [0.1, 0.15) is 55.9 Å². The molecule has 1 saturated heterocycles. The number of hydrogen-bond acceptors (Lipinski definition) is 6. The third kappa shape index (κ3) is 3.75. The molecule has 0 aromatic carbocycles. The first-order valence-corrected chi connectivity index (χ1v) is 9.77. The molecule has 2 aromatic heterocycles. The summed E-state index contributed by atoms with van der Waals surface area (Å²) < 4.78 is 0. The summed E-state index contributed by atoms with van der Waals surface area (Å²) in [5, 5.41) is 0.548. The molecular formula is C19H25ClN6. The second-order valence-electron chi connectivity index (χ2n) is 7.54. The Labute approximate surface area is 159 Å². The Morgan fingerprint density at radius 2 is 1.54 bits per heavy atom. The van der Waals surface area contributed by atoms with Crippen molar-refractivity contribution in [3.05, 3.63) is 34.6 Å². The van der Waals surface area contributed by atoms with E-state index in [1.807, 2.05) is 13.0 Å². The molecule has 6 nitrogen and oxygen atoms in total. The number of rotatable bonds is 4. The van der Waals surface area contributed by atoms with Gasteiger partial charge >= 0.3 is 0 Å². The Morgan fingerprint density at radius 1 is 0.923 bits per heavy atom. The maximum atomic E-state index is 6.22. The van der Waals surface area contributed by atoms with E-state index < -0.39 is 0 Å². The molecule has 1 aliphatic carbocycles. The van der Waals surface area contributed by atoms with E-state index in [4.69, 9.17) is 21.6 Å². The van der Waals surface area contributed by atoms with Gasteiger partial charge in [0.2, 0.25) is 0 Å². The maximum absolute atomic E-state index is 6.22. The molecule has 0 unspecified atom stereocenters. The molecule has 2 aliphatic rings. The minimum absolute atomic E-state index is 0.332. The van der Waals surface area contributed by atoms with Crippen molar-refractivity contribution in [2.45, 2.75) is 45.4 Å². The highest BCUT2D eigenvalue weighted by molar-refractivity contribution is 6.29. The van der Waals surface area contributed by atoms with E-state index in [-0.39, 0.29) is 0 Å². The van der Waals surface area contributed by atoms with Crippen molar-refractivity contribution in [1.82, 2.24) is 19.9 Å². The number of aryl methyl sites for hydroxylation is 1. The van der Waals surface area contributed by atoms with Crippen LogP contribution in [-0.2, 0) is 0 Å². The highest BCUT2D eigenvalue weighted by Crippen LogP contribution is 2.39. The SMILES string of the molecule is Cc1cc(N2CCN(c3cc(Cl)nc(C4CC4)n3)CC2)nc(C(C)C)n1. The van der Waals surface area contributed by atoms with E-state index in [0.29, 0.717) is 17.0 Å². The zero-order chi connectivity index (χ0) is 18.3. The van der Waals surface area contributed by atoms with E-state index in [1.54, 1.807) is 0 Å². The monoisotopic (exact) mass is 372 g/mol. The van der Waals surface area contributed by atoms with Gasteiger partial charge in [0.15, 0.2) is 0 Å². The quantitative estimate of drug-likeness (QED) is 0.765. The molecule has 138 valence electrons. The van der Waals surface area contributed by atoms with Crippen molar-refractivity contribution in [1.29, 1.82) is 0 Å². The van der Waals surface area contributed by atoms with E-state index in [2.05, 4.69) is 39.7 Å². The molecule has 3 heterocycles. The number of piperazine rings is 1. The minimum atomic E-state index is 0.332. The van der Waals surface area contributed by atoms with E-state index in [0.717, 1.165) is 55.2 Å². The van der Waals surface area contributed by atoms with E-state index >= 15 is 0 Å². The summed E-state index contributed by atoms with van der Waals surface area (Å²) in [5.41, 5.74) is 1.03. The Morgan fingerprint density at radius 3 is 2.12 bits per heavy atom. The minimum Gasteiger partial charge on any atom is -0.353 e. The molecular weight excluding hydrogens is 348 g/mol. The third-order valence-electron chi connectivity index (χ3n) is 4.94. The van der Waals surface area contributed by atoms with Crippen LogP contribution in [0.5, 0.6) is 0 Å². The second-order valence-corrected chi connectivity index (χ2v) is 7.92. The molecule has 1 saturated carbocycles. The predicted molar refractivity (Wildman–Crippen MR) is 104 cm³/mol. The largest absolute Gasteiger partial charge is 0.353 e. The van der Waals surface area contributed by atoms with Gasteiger partial charge in [-0.15, -0.1) is 0 Å². The van der Waals surface area contributed by atoms with Crippen molar-refractivity contribution >= 4 is 23.2 Å². The molecule has 1 aliphatic heterocycles. The summed E-state index contributed by atoms with van der Waals surface area (Å²) in [6.07, 6.45) is 2.36. The number of halogens is 1. The van der Waals surface area contributed by atoms with Crippen molar-refractivity contribution in [2.24, 2.45) is 0 Å². The van der Waals surface area contributed by atoms with E-state index in [9.17, 15) is 0 Å². The normalized spacial score (nSPS) is 17.9. The van der Waals surface area contributed by atoms with E-state index in [1.165, 1.54) is 12.8 Å². The zero-order valence-corrected chi connectivity index (χ0v) is 16.4. The molecule has 7 heteroatoms. The first kappa shape index (κ1) is 17.5. The lowest BCUT2D eigenvalue weighted by atomic mass is 10.2. The maximum Gasteiger partial charge on any atom is 0.135 e. The van der Waals surface area contributed by atoms with Crippen LogP contribution < -0.4 is 9.80 Å². The summed E-state index contributed by atoms with van der Waals surface area (Å²) in [6.45, 7) is 9.92. The summed E-state index contributed by atoms with van der Waals surface area (Å²) in [5.74, 6) is 4.64. The fourth-order valence-electron chi connectivity index (χ4n) is 3.27. The van der Waals surface area contributed by atoms with Gasteiger partial charge in [-0.05, 0) is 19.8 Å². The molecule has 0 bridgehead atoms. The van der Waals surface area contributed by atoms with Crippen molar-refractivity contribution in [3.63, 3.8) is 0 Å². The van der Waals surface area contributed by atoms with Gasteiger partial charge in [0.05, 0.1) is 0 Å². The molecule has 0 atom stereocenters. The zero-order valence-electron chi connectivity index (χ0n) is 15.6. The van der Waals surface area contributed by atoms with Gasteiger partial charge in [0.25, 0.3) is 0 Å². The molecule has 0 radical (unpaired) electrons. The molecule has 0 amide bonds. The Bertz CT molecular complexity index is 737. The van der Waals surface area contributed by atoms with Gasteiger partial charge in [-0.3, -0.25) is 0 Å². The van der Waals surface area contributed by atoms with Gasteiger partial charge in [-0.1, -0.05) is 25.4 Å². The van der Waals surface area contributed by atoms with Crippen molar-refractivity contribution < 1.29 is 0 Å². The smallest absolute Gasteiger partial charge is 0.135 e. The molecule has 2 fully saturated rings. The van der Waals surface area contributed by atoms with Gasteiger partial charge in [0.1, 0.15) is 28.4 Å². The van der Waals surface area contributed by atoms with Crippen LogP contribution in [0.3, 0.4) is 0 Å². The number of anilines is 2. The predicted octanol–water partition coefficient (Wildman–Crippen LogP) is 3.56. The number of nitrogens with zero attached hydrogens (tertiary/aromatic N) is 6. The van der Waals surface area contributed by atoms with Gasteiger partial charge < -0.3 is 9.80 Å². The molecule has 4 rings (SSSR count). The summed E-state index contributed by atoms with van der Waals surface area (Å²) in [6, 6.07) is 3.96. The van der Waals surface area contributed by atoms with Crippen LogP contribution in [0.15, 0.2) is 12.1 Å². The van der Waals surface area contributed by atoms with Gasteiger partial charge in [0, 0.05) is 55.8 Å². The first-order valence-electron chi connectivity index (χ1n) is 9.39. The highest BCUT2D eigenvalue weighted by atomic mass is 35.5. The first-order chi connectivity index (χ1) is 12.5. The summed E-state index contributed by atoms with van der Waals surface area (Å²) in [7, 11) is 0. The fraction of sp³-hybridized carbons (Fsp3) is 0.579. The molecule has 2 aromatic rings. The third-order valence-corrected chi connectivity index (χ3v) is 5.14. The Hall–Kier alpha value is -1.95. The van der Waals surface area contributed by atoms with Crippen LogP contribution in [0.4, 0.5) is 11.6 Å². The highest BCUT2D eigenvalue weighted by Gasteiger charge is 2.28. The number of aromatic nitrogens is 4. The average Bonchev–Trinajstić information content (AvgIpc) is 3.46. The summed E-state index contributed by atoms with van der Waals surface area (Å²) >= 11 is 6.22. The summed E-state index contributed by atoms with van der Waals surface area (Å²) in [4.78, 5) is 23.1. The fourth-order valence-corrected chi connectivity index (χ4v) is 3.45. The topological polar surface area (TPSA) is 58.0 Å². The average molecular weight is 373 g/mol. The van der Waals surface area contributed by atoms with Gasteiger partial charge in [-0.2, -0.15) is 0 Å². The van der Waals surface area contributed by atoms with Crippen molar-refractivity contribution in [3.8, 4) is 0 Å².